The van der Waals surface area contributed by atoms with Crippen LogP contribution in [0.3, 0.4) is 0 Å². The highest BCUT2D eigenvalue weighted by Gasteiger charge is 2.32. The summed E-state index contributed by atoms with van der Waals surface area (Å²) >= 11 is 0. The van der Waals surface area contributed by atoms with Gasteiger partial charge in [-0.15, -0.1) is 0 Å². The van der Waals surface area contributed by atoms with Crippen LogP contribution in [-0.2, 0) is 4.79 Å². The van der Waals surface area contributed by atoms with Gasteiger partial charge < -0.3 is 20.3 Å². The second-order valence-corrected chi connectivity index (χ2v) is 5.78. The molecular weight excluding hydrogens is 316 g/mol. The van der Waals surface area contributed by atoms with Crippen LogP contribution in [0, 0.1) is 10.1 Å². The number of hydrogen-bond acceptors (Lipinski definition) is 5. The Labute approximate surface area is 139 Å². The lowest BCUT2D eigenvalue weighted by molar-refractivity contribution is -0.384. The number of hydrogen-bond donors (Lipinski definition) is 2. The Bertz CT molecular complexity index is 661. The predicted molar refractivity (Wildman–Crippen MR) is 87.1 cm³/mol. The zero-order chi connectivity index (χ0) is 17.9. The van der Waals surface area contributed by atoms with E-state index in [0.29, 0.717) is 12.3 Å². The molecule has 1 aromatic rings. The Kier molecular flexibility index (Phi) is 5.22. The zero-order valence-corrected chi connectivity index (χ0v) is 13.7. The molecule has 24 heavy (non-hydrogen) atoms. The molecule has 2 rings (SSSR count). The molecule has 0 radical (unpaired) electrons. The molecule has 9 nitrogen and oxygen atoms in total. The first kappa shape index (κ1) is 17.5. The number of likely N-dealkylation sites (tertiary alicyclic amines) is 1. The number of ether oxygens (including phenoxy) is 1. The second kappa shape index (κ2) is 7.16. The molecule has 1 unspecified atom stereocenters. The van der Waals surface area contributed by atoms with Crippen LogP contribution in [0.25, 0.3) is 0 Å². The number of carbonyl (C=O) groups is 2. The minimum absolute atomic E-state index is 0.0109. The smallest absolute Gasteiger partial charge is 0.319 e. The molecule has 1 saturated heterocycles. The average Bonchev–Trinajstić information content (AvgIpc) is 2.87. The van der Waals surface area contributed by atoms with Crippen LogP contribution in [0.2, 0.25) is 0 Å². The Morgan fingerprint density at radius 3 is 2.71 bits per heavy atom. The molecule has 1 heterocycles. The molecule has 9 heteroatoms. The minimum atomic E-state index is -0.557. The van der Waals surface area contributed by atoms with Crippen LogP contribution in [0.4, 0.5) is 16.2 Å². The van der Waals surface area contributed by atoms with Crippen molar-refractivity contribution in [1.82, 2.24) is 10.2 Å². The summed E-state index contributed by atoms with van der Waals surface area (Å²) in [4.78, 5) is 36.0. The summed E-state index contributed by atoms with van der Waals surface area (Å²) in [6.45, 7) is 4.26. The number of non-ortho nitro benzene ring substituents is 1. The molecule has 0 bridgehead atoms. The van der Waals surface area contributed by atoms with Gasteiger partial charge in [0.05, 0.1) is 23.8 Å². The molecule has 1 aliphatic rings. The summed E-state index contributed by atoms with van der Waals surface area (Å²) < 4.78 is 5.09. The molecule has 0 saturated carbocycles. The Balaban J connectivity index is 2.04. The van der Waals surface area contributed by atoms with Crippen molar-refractivity contribution in [1.29, 1.82) is 0 Å². The number of carbonyl (C=O) groups excluding carboxylic acids is 2. The fourth-order valence-corrected chi connectivity index (χ4v) is 2.58. The standard InChI is InChI=1S/C15H20N4O5/c1-9(2)18-8-10(6-14(18)20)16-15(21)17-12-7-11(19(22)23)4-5-13(12)24-3/h4-5,7,9-10H,6,8H2,1-3H3,(H2,16,17,21). The SMILES string of the molecule is COc1ccc([N+](=O)[O-])cc1NC(=O)NC1CC(=O)N(C(C)C)C1. The number of urea groups is 1. The molecule has 2 N–H and O–H groups in total. The molecule has 1 fully saturated rings. The van der Waals surface area contributed by atoms with E-state index in [9.17, 15) is 19.7 Å². The summed E-state index contributed by atoms with van der Waals surface area (Å²) in [6, 6.07) is 3.15. The van der Waals surface area contributed by atoms with E-state index in [0.717, 1.165) is 0 Å². The highest BCUT2D eigenvalue weighted by Crippen LogP contribution is 2.28. The number of methoxy groups -OCH3 is 1. The van der Waals surface area contributed by atoms with Crippen molar-refractivity contribution in [3.05, 3.63) is 28.3 Å². The van der Waals surface area contributed by atoms with E-state index in [2.05, 4.69) is 10.6 Å². The highest BCUT2D eigenvalue weighted by molar-refractivity contribution is 5.92. The summed E-state index contributed by atoms with van der Waals surface area (Å²) in [5.74, 6) is 0.297. The Morgan fingerprint density at radius 2 is 2.17 bits per heavy atom. The van der Waals surface area contributed by atoms with Crippen molar-refractivity contribution in [2.45, 2.75) is 32.4 Å². The highest BCUT2D eigenvalue weighted by atomic mass is 16.6. The second-order valence-electron chi connectivity index (χ2n) is 5.78. The van der Waals surface area contributed by atoms with Gasteiger partial charge in [-0.3, -0.25) is 14.9 Å². The molecule has 1 atom stereocenters. The normalized spacial score (nSPS) is 17.1. The number of nitrogens with one attached hydrogen (secondary N) is 2. The van der Waals surface area contributed by atoms with Gasteiger partial charge in [-0.1, -0.05) is 0 Å². The van der Waals surface area contributed by atoms with E-state index in [1.807, 2.05) is 13.8 Å². The lowest BCUT2D eigenvalue weighted by Crippen LogP contribution is -2.40. The quantitative estimate of drug-likeness (QED) is 0.628. The average molecular weight is 336 g/mol. The number of amides is 3. The van der Waals surface area contributed by atoms with E-state index in [-0.39, 0.29) is 35.8 Å². The summed E-state index contributed by atoms with van der Waals surface area (Å²) in [5, 5.41) is 16.1. The molecule has 0 aromatic heterocycles. The maximum atomic E-state index is 12.1. The number of nitrogens with zero attached hydrogens (tertiary/aromatic N) is 2. The van der Waals surface area contributed by atoms with Crippen molar-refractivity contribution in [2.75, 3.05) is 19.0 Å². The van der Waals surface area contributed by atoms with Crippen molar-refractivity contribution < 1.29 is 19.2 Å². The first-order valence-corrected chi connectivity index (χ1v) is 7.51. The van der Waals surface area contributed by atoms with Crippen LogP contribution < -0.4 is 15.4 Å². The van der Waals surface area contributed by atoms with E-state index in [1.54, 1.807) is 4.90 Å². The van der Waals surface area contributed by atoms with Crippen molar-refractivity contribution in [2.24, 2.45) is 0 Å². The van der Waals surface area contributed by atoms with Gasteiger partial charge in [0.15, 0.2) is 0 Å². The van der Waals surface area contributed by atoms with Gasteiger partial charge in [-0.25, -0.2) is 4.79 Å². The van der Waals surface area contributed by atoms with Gasteiger partial charge in [0.2, 0.25) is 5.91 Å². The number of benzene rings is 1. The number of nitro benzene ring substituents is 1. The maximum absolute atomic E-state index is 12.1. The van der Waals surface area contributed by atoms with Crippen molar-refractivity contribution in [3.63, 3.8) is 0 Å². The fourth-order valence-electron chi connectivity index (χ4n) is 2.58. The molecule has 130 valence electrons. The number of anilines is 1. The largest absolute Gasteiger partial charge is 0.495 e. The van der Waals surface area contributed by atoms with E-state index in [4.69, 9.17) is 4.74 Å². The maximum Gasteiger partial charge on any atom is 0.319 e. The molecular formula is C15H20N4O5. The topological polar surface area (TPSA) is 114 Å². The minimum Gasteiger partial charge on any atom is -0.495 e. The van der Waals surface area contributed by atoms with Gasteiger partial charge >= 0.3 is 6.03 Å². The van der Waals surface area contributed by atoms with Crippen LogP contribution in [0.15, 0.2) is 18.2 Å². The van der Waals surface area contributed by atoms with Gasteiger partial charge in [0.1, 0.15) is 5.75 Å². The first-order valence-electron chi connectivity index (χ1n) is 7.51. The Hall–Kier alpha value is -2.84. The van der Waals surface area contributed by atoms with Crippen LogP contribution in [0.5, 0.6) is 5.75 Å². The van der Waals surface area contributed by atoms with Gasteiger partial charge in [0.25, 0.3) is 5.69 Å². The first-order chi connectivity index (χ1) is 11.3. The van der Waals surface area contributed by atoms with Gasteiger partial charge in [-0.2, -0.15) is 0 Å². The summed E-state index contributed by atoms with van der Waals surface area (Å²) in [7, 11) is 1.40. The Morgan fingerprint density at radius 1 is 1.46 bits per heavy atom. The lowest BCUT2D eigenvalue weighted by atomic mass is 10.2. The number of nitro groups is 1. The van der Waals surface area contributed by atoms with Crippen LogP contribution >= 0.6 is 0 Å². The number of rotatable bonds is 5. The molecule has 3 amide bonds. The van der Waals surface area contributed by atoms with Crippen LogP contribution in [-0.4, -0.2) is 47.5 Å². The predicted octanol–water partition coefficient (Wildman–Crippen LogP) is 1.73. The fraction of sp³-hybridized carbons (Fsp3) is 0.467. The van der Waals surface area contributed by atoms with E-state index in [1.165, 1.54) is 25.3 Å². The zero-order valence-electron chi connectivity index (χ0n) is 13.7. The summed E-state index contributed by atoms with van der Waals surface area (Å²) in [5.41, 5.74) is 0.0300. The molecule has 1 aromatic carbocycles. The van der Waals surface area contributed by atoms with Crippen molar-refractivity contribution in [3.8, 4) is 5.75 Å². The third kappa shape index (κ3) is 3.92. The van der Waals surface area contributed by atoms with Crippen LogP contribution in [0.1, 0.15) is 20.3 Å². The van der Waals surface area contributed by atoms with E-state index >= 15 is 0 Å². The third-order valence-corrected chi connectivity index (χ3v) is 3.76. The molecule has 0 aliphatic carbocycles. The monoisotopic (exact) mass is 336 g/mol. The lowest BCUT2D eigenvalue weighted by Gasteiger charge is -2.21. The van der Waals surface area contributed by atoms with Gasteiger partial charge in [0, 0.05) is 31.1 Å². The van der Waals surface area contributed by atoms with Gasteiger partial charge in [-0.05, 0) is 19.9 Å². The van der Waals surface area contributed by atoms with E-state index < -0.39 is 11.0 Å². The summed E-state index contributed by atoms with van der Waals surface area (Å²) in [6.07, 6.45) is 0.234. The third-order valence-electron chi connectivity index (χ3n) is 3.76. The van der Waals surface area contributed by atoms with Crippen molar-refractivity contribution >= 4 is 23.3 Å². The molecule has 1 aliphatic heterocycles. The molecule has 0 spiro atoms.